The van der Waals surface area contributed by atoms with Crippen molar-refractivity contribution in [1.29, 1.82) is 0 Å². The van der Waals surface area contributed by atoms with Gasteiger partial charge in [-0.15, -0.1) is 0 Å². The van der Waals surface area contributed by atoms with E-state index >= 15 is 0 Å². The number of carbonyl (C=O) groups is 1. The Morgan fingerprint density at radius 1 is 0.972 bits per heavy atom. The fourth-order valence-corrected chi connectivity index (χ4v) is 4.56. The molecule has 0 radical (unpaired) electrons. The number of nitrogens with zero attached hydrogens (tertiary/aromatic N) is 1. The number of alkyl halides is 2. The molecule has 4 rings (SSSR count). The van der Waals surface area contributed by atoms with Crippen LogP contribution in [0.15, 0.2) is 60.7 Å². The van der Waals surface area contributed by atoms with Gasteiger partial charge in [0.1, 0.15) is 0 Å². The van der Waals surface area contributed by atoms with Gasteiger partial charge in [-0.05, 0) is 72.9 Å². The predicted molar refractivity (Wildman–Crippen MR) is 138 cm³/mol. The number of anilines is 1. The third kappa shape index (κ3) is 4.73. The van der Waals surface area contributed by atoms with E-state index in [2.05, 4.69) is 16.4 Å². The van der Waals surface area contributed by atoms with Gasteiger partial charge in [0, 0.05) is 24.6 Å². The van der Waals surface area contributed by atoms with Crippen molar-refractivity contribution in [3.63, 3.8) is 0 Å². The number of rotatable bonds is 6. The second kappa shape index (κ2) is 9.57. The summed E-state index contributed by atoms with van der Waals surface area (Å²) in [5, 5.41) is 15.9. The average Bonchev–Trinajstić information content (AvgIpc) is 3.12. The highest BCUT2D eigenvalue weighted by atomic mass is 19.3. The zero-order chi connectivity index (χ0) is 26.2. The lowest BCUT2D eigenvalue weighted by Gasteiger charge is -2.15. The van der Waals surface area contributed by atoms with E-state index in [-0.39, 0.29) is 29.2 Å². The Morgan fingerprint density at radius 2 is 1.61 bits per heavy atom. The zero-order valence-corrected chi connectivity index (χ0v) is 21.0. The van der Waals surface area contributed by atoms with Gasteiger partial charge >= 0.3 is 0 Å². The highest BCUT2D eigenvalue weighted by Gasteiger charge is 2.30. The molecule has 0 saturated heterocycles. The van der Waals surface area contributed by atoms with Gasteiger partial charge in [0.15, 0.2) is 5.69 Å². The van der Waals surface area contributed by atoms with Crippen molar-refractivity contribution in [2.24, 2.45) is 0 Å². The third-order valence-corrected chi connectivity index (χ3v) is 6.39. The Balaban J connectivity index is 1.71. The van der Waals surface area contributed by atoms with Crippen LogP contribution in [0, 0.1) is 32.9 Å². The maximum Gasteiger partial charge on any atom is 0.300 e. The summed E-state index contributed by atoms with van der Waals surface area (Å²) in [5.74, 6) is -3.45. The molecule has 0 aliphatic heterocycles. The first-order valence-electron chi connectivity index (χ1n) is 11.8. The van der Waals surface area contributed by atoms with E-state index < -0.39 is 11.8 Å². The molecule has 1 aromatic heterocycles. The fourth-order valence-electron chi connectivity index (χ4n) is 4.56. The number of halogens is 2. The summed E-state index contributed by atoms with van der Waals surface area (Å²) in [7, 11) is 0. The van der Waals surface area contributed by atoms with Gasteiger partial charge < -0.3 is 10.5 Å². The maximum absolute atomic E-state index is 14.1. The SMILES string of the molecule is CCC(F)(F)c1cccc(NC(=O)c2c(C)[nH]c(-c3cc(C)cc(-c4c(C)cccc4C)c3)[n+]2[O-])c1. The van der Waals surface area contributed by atoms with E-state index in [1.54, 1.807) is 6.92 Å². The highest BCUT2D eigenvalue weighted by molar-refractivity contribution is 6.02. The first kappa shape index (κ1) is 25.1. The molecular weight excluding hydrogens is 460 g/mol. The van der Waals surface area contributed by atoms with Crippen molar-refractivity contribution in [3.05, 3.63) is 99.5 Å². The molecule has 4 aromatic rings. The molecule has 3 aromatic carbocycles. The van der Waals surface area contributed by atoms with Crippen LogP contribution >= 0.6 is 0 Å². The Morgan fingerprint density at radius 3 is 2.28 bits per heavy atom. The Hall–Kier alpha value is -4.00. The zero-order valence-electron chi connectivity index (χ0n) is 21.0. The van der Waals surface area contributed by atoms with Crippen LogP contribution < -0.4 is 10.0 Å². The number of aryl methyl sites for hydroxylation is 4. The molecular formula is C29H29F2N3O2. The minimum absolute atomic E-state index is 0.118. The number of H-pyrrole nitrogens is 1. The second-order valence-corrected chi connectivity index (χ2v) is 9.19. The van der Waals surface area contributed by atoms with E-state index in [0.29, 0.717) is 16.0 Å². The van der Waals surface area contributed by atoms with Crippen molar-refractivity contribution < 1.29 is 18.3 Å². The number of carbonyl (C=O) groups excluding carboxylic acids is 1. The quantitative estimate of drug-likeness (QED) is 0.227. The smallest absolute Gasteiger partial charge is 0.300 e. The van der Waals surface area contributed by atoms with Crippen molar-refractivity contribution in [2.75, 3.05) is 5.32 Å². The Labute approximate surface area is 209 Å². The summed E-state index contributed by atoms with van der Waals surface area (Å²) in [6, 6.07) is 17.5. The number of imidazole rings is 1. The number of aromatic amines is 1. The van der Waals surface area contributed by atoms with Crippen molar-refractivity contribution in [3.8, 4) is 22.5 Å². The molecule has 1 amide bonds. The Bertz CT molecular complexity index is 1440. The lowest BCUT2D eigenvalue weighted by Crippen LogP contribution is -2.36. The van der Waals surface area contributed by atoms with Gasteiger partial charge in [0.2, 0.25) is 5.69 Å². The van der Waals surface area contributed by atoms with Crippen LogP contribution in [0.3, 0.4) is 0 Å². The van der Waals surface area contributed by atoms with Crippen molar-refractivity contribution >= 4 is 11.6 Å². The standard InChI is InChI=1S/C29H29F2N3O2/c1-6-29(30,31)23-11-8-12-24(16-23)33-28(35)26-20(5)32-27(34(26)36)22-14-17(2)13-21(15-22)25-18(3)9-7-10-19(25)4/h7-16,32H,6H2,1-5H3,(H,33,35). The van der Waals surface area contributed by atoms with Gasteiger partial charge in [0.05, 0.1) is 5.56 Å². The van der Waals surface area contributed by atoms with Gasteiger partial charge in [-0.1, -0.05) is 43.3 Å². The monoisotopic (exact) mass is 489 g/mol. The number of nitrogens with one attached hydrogen (secondary N) is 2. The molecule has 0 atom stereocenters. The van der Waals surface area contributed by atoms with Crippen LogP contribution in [0.25, 0.3) is 22.5 Å². The second-order valence-electron chi connectivity index (χ2n) is 9.19. The minimum Gasteiger partial charge on any atom is -0.710 e. The highest BCUT2D eigenvalue weighted by Crippen LogP contribution is 2.33. The van der Waals surface area contributed by atoms with Crippen LogP contribution in [0.5, 0.6) is 0 Å². The van der Waals surface area contributed by atoms with E-state index in [9.17, 15) is 18.8 Å². The molecule has 36 heavy (non-hydrogen) atoms. The van der Waals surface area contributed by atoms with Gasteiger partial charge in [0.25, 0.3) is 17.7 Å². The molecule has 1 heterocycles. The summed E-state index contributed by atoms with van der Waals surface area (Å²) < 4.78 is 28.8. The van der Waals surface area contributed by atoms with Gasteiger partial charge in [-0.25, -0.2) is 18.5 Å². The Kier molecular flexibility index (Phi) is 6.67. The van der Waals surface area contributed by atoms with Crippen LogP contribution in [-0.2, 0) is 5.92 Å². The molecule has 7 heteroatoms. The summed E-state index contributed by atoms with van der Waals surface area (Å²) in [5.41, 5.74) is 6.21. The summed E-state index contributed by atoms with van der Waals surface area (Å²) in [6.07, 6.45) is -0.355. The number of hydrogen-bond donors (Lipinski definition) is 2. The van der Waals surface area contributed by atoms with E-state index in [1.807, 2.05) is 51.1 Å². The number of aromatic nitrogens is 2. The predicted octanol–water partition coefficient (Wildman–Crippen LogP) is 6.97. The molecule has 0 aliphatic carbocycles. The summed E-state index contributed by atoms with van der Waals surface area (Å²) in [4.78, 5) is 16.1. The normalized spacial score (nSPS) is 11.5. The van der Waals surface area contributed by atoms with Crippen LogP contribution in [0.1, 0.15) is 51.8 Å². The molecule has 0 saturated carbocycles. The largest absolute Gasteiger partial charge is 0.710 e. The lowest BCUT2D eigenvalue weighted by atomic mass is 9.93. The lowest BCUT2D eigenvalue weighted by molar-refractivity contribution is -0.594. The van der Waals surface area contributed by atoms with Crippen molar-refractivity contribution in [1.82, 2.24) is 4.98 Å². The molecule has 0 spiro atoms. The van der Waals surface area contributed by atoms with Crippen LogP contribution in [0.2, 0.25) is 0 Å². The molecule has 0 fully saturated rings. The summed E-state index contributed by atoms with van der Waals surface area (Å²) >= 11 is 0. The first-order chi connectivity index (χ1) is 17.0. The molecule has 186 valence electrons. The molecule has 0 aliphatic rings. The molecule has 2 N–H and O–H groups in total. The van der Waals surface area contributed by atoms with Crippen molar-refractivity contribution in [2.45, 2.75) is 47.0 Å². The van der Waals surface area contributed by atoms with Gasteiger partial charge in [-0.2, -0.15) is 0 Å². The molecule has 5 nitrogen and oxygen atoms in total. The maximum atomic E-state index is 14.1. The third-order valence-electron chi connectivity index (χ3n) is 6.39. The van der Waals surface area contributed by atoms with E-state index in [4.69, 9.17) is 0 Å². The molecule has 0 bridgehead atoms. The topological polar surface area (TPSA) is 71.8 Å². The van der Waals surface area contributed by atoms with Crippen LogP contribution in [0.4, 0.5) is 14.5 Å². The molecule has 0 unspecified atom stereocenters. The van der Waals surface area contributed by atoms with Crippen LogP contribution in [-0.4, -0.2) is 10.9 Å². The number of amides is 1. The summed E-state index contributed by atoms with van der Waals surface area (Å²) in [6.45, 7) is 9.08. The van der Waals surface area contributed by atoms with E-state index in [0.717, 1.165) is 27.8 Å². The van der Waals surface area contributed by atoms with Gasteiger partial charge in [-0.3, -0.25) is 4.79 Å². The average molecular weight is 490 g/mol. The number of benzene rings is 3. The fraction of sp³-hybridized carbons (Fsp3) is 0.241. The minimum atomic E-state index is -3.01. The number of hydrogen-bond acceptors (Lipinski definition) is 2. The van der Waals surface area contributed by atoms with E-state index in [1.165, 1.54) is 31.2 Å². The first-order valence-corrected chi connectivity index (χ1v) is 11.8.